The molecule has 0 radical (unpaired) electrons. The lowest BCUT2D eigenvalue weighted by molar-refractivity contribution is -0.153. The third-order valence-corrected chi connectivity index (χ3v) is 5.69. The molecule has 32 heavy (non-hydrogen) atoms. The largest absolute Gasteiger partial charge is 0.483 e. The first-order chi connectivity index (χ1) is 15.4. The van der Waals surface area contributed by atoms with Crippen molar-refractivity contribution in [1.29, 1.82) is 0 Å². The van der Waals surface area contributed by atoms with Crippen molar-refractivity contribution in [3.05, 3.63) is 23.9 Å². The molecular formula is C22H29F3N4O3. The number of hydrogen-bond acceptors (Lipinski definition) is 5. The summed E-state index contributed by atoms with van der Waals surface area (Å²) in [5, 5.41) is 7.58. The zero-order valence-corrected chi connectivity index (χ0v) is 18.0. The number of nitrogens with one attached hydrogen (secondary N) is 1. The fourth-order valence-corrected chi connectivity index (χ4v) is 3.85. The van der Waals surface area contributed by atoms with Gasteiger partial charge in [-0.25, -0.2) is 0 Å². The number of carbonyl (C=O) groups is 1. The summed E-state index contributed by atoms with van der Waals surface area (Å²) in [5.41, 5.74) is 0.546. The normalized spacial score (nSPS) is 17.6. The summed E-state index contributed by atoms with van der Waals surface area (Å²) in [6.45, 7) is 2.31. The van der Waals surface area contributed by atoms with Gasteiger partial charge in [0.1, 0.15) is 5.75 Å². The number of halogens is 3. The second-order valence-corrected chi connectivity index (χ2v) is 8.54. The molecule has 7 nitrogen and oxygen atoms in total. The fraction of sp³-hybridized carbons (Fsp3) is 0.636. The highest BCUT2D eigenvalue weighted by molar-refractivity contribution is 6.03. The molecule has 1 aliphatic carbocycles. The quantitative estimate of drug-likeness (QED) is 0.556. The number of aromatic nitrogens is 2. The molecule has 4 rings (SSSR count). The SMILES string of the molecule is O=C(NCCOCC1CC1)c1ccc2nn(CN3CCCCC3)cc2c1OCC(F)(F)F. The summed E-state index contributed by atoms with van der Waals surface area (Å²) >= 11 is 0. The number of likely N-dealkylation sites (tertiary alicyclic amines) is 1. The number of alkyl halides is 3. The molecule has 1 aromatic carbocycles. The van der Waals surface area contributed by atoms with Gasteiger partial charge in [-0.1, -0.05) is 6.42 Å². The van der Waals surface area contributed by atoms with Crippen LogP contribution in [-0.4, -0.2) is 66.2 Å². The van der Waals surface area contributed by atoms with E-state index in [1.54, 1.807) is 16.9 Å². The van der Waals surface area contributed by atoms with Crippen LogP contribution in [-0.2, 0) is 11.4 Å². The Morgan fingerprint density at radius 3 is 2.69 bits per heavy atom. The zero-order chi connectivity index (χ0) is 22.6. The second-order valence-electron chi connectivity index (χ2n) is 8.54. The molecule has 1 aromatic heterocycles. The van der Waals surface area contributed by atoms with Gasteiger partial charge in [-0.05, 0) is 56.8 Å². The van der Waals surface area contributed by atoms with Crippen molar-refractivity contribution < 1.29 is 27.4 Å². The molecule has 0 spiro atoms. The van der Waals surface area contributed by atoms with Gasteiger partial charge in [0.2, 0.25) is 0 Å². The molecule has 1 saturated heterocycles. The van der Waals surface area contributed by atoms with E-state index in [9.17, 15) is 18.0 Å². The monoisotopic (exact) mass is 454 g/mol. The number of carbonyl (C=O) groups excluding carboxylic acids is 1. The topological polar surface area (TPSA) is 68.6 Å². The van der Waals surface area contributed by atoms with Crippen molar-refractivity contribution in [2.24, 2.45) is 5.92 Å². The zero-order valence-electron chi connectivity index (χ0n) is 18.0. The molecule has 2 aromatic rings. The first kappa shape index (κ1) is 22.8. The van der Waals surface area contributed by atoms with E-state index in [-0.39, 0.29) is 17.9 Å². The number of amides is 1. The van der Waals surface area contributed by atoms with Gasteiger partial charge in [-0.2, -0.15) is 18.3 Å². The van der Waals surface area contributed by atoms with E-state index >= 15 is 0 Å². The molecule has 2 heterocycles. The second kappa shape index (κ2) is 10.1. The summed E-state index contributed by atoms with van der Waals surface area (Å²) in [6, 6.07) is 3.10. The van der Waals surface area contributed by atoms with Gasteiger partial charge < -0.3 is 14.8 Å². The van der Waals surface area contributed by atoms with Gasteiger partial charge in [-0.15, -0.1) is 0 Å². The number of benzene rings is 1. The van der Waals surface area contributed by atoms with Crippen molar-refractivity contribution in [1.82, 2.24) is 20.0 Å². The highest BCUT2D eigenvalue weighted by atomic mass is 19.4. The molecule has 0 atom stereocenters. The fourth-order valence-electron chi connectivity index (χ4n) is 3.85. The summed E-state index contributed by atoms with van der Waals surface area (Å²) in [6.07, 6.45) is 2.94. The average molecular weight is 454 g/mol. The maximum atomic E-state index is 12.9. The summed E-state index contributed by atoms with van der Waals surface area (Å²) in [7, 11) is 0. The van der Waals surface area contributed by atoms with Gasteiger partial charge in [-0.3, -0.25) is 14.4 Å². The average Bonchev–Trinajstić information content (AvgIpc) is 3.49. The number of piperidine rings is 1. The number of nitrogens with zero attached hydrogens (tertiary/aromatic N) is 3. The van der Waals surface area contributed by atoms with E-state index in [1.165, 1.54) is 25.3 Å². The summed E-state index contributed by atoms with van der Waals surface area (Å²) in [5.74, 6) is 0.0287. The number of ether oxygens (including phenoxy) is 2. The minimum atomic E-state index is -4.52. The van der Waals surface area contributed by atoms with Crippen LogP contribution in [0.2, 0.25) is 0 Å². The van der Waals surface area contributed by atoms with Crippen LogP contribution in [0.4, 0.5) is 13.2 Å². The van der Waals surface area contributed by atoms with E-state index < -0.39 is 18.7 Å². The number of fused-ring (bicyclic) bond motifs is 1. The Balaban J connectivity index is 1.49. The Hall–Kier alpha value is -2.33. The third kappa shape index (κ3) is 6.35. The van der Waals surface area contributed by atoms with Gasteiger partial charge in [0, 0.05) is 19.3 Å². The molecule has 0 unspecified atom stereocenters. The van der Waals surface area contributed by atoms with Crippen molar-refractivity contribution in [3.63, 3.8) is 0 Å². The first-order valence-corrected chi connectivity index (χ1v) is 11.2. The minimum Gasteiger partial charge on any atom is -0.483 e. The Morgan fingerprint density at radius 1 is 1.19 bits per heavy atom. The molecule has 1 aliphatic heterocycles. The lowest BCUT2D eigenvalue weighted by Crippen LogP contribution is -2.31. The van der Waals surface area contributed by atoms with E-state index in [1.807, 2.05) is 0 Å². The number of hydrogen-bond donors (Lipinski definition) is 1. The van der Waals surface area contributed by atoms with Gasteiger partial charge >= 0.3 is 6.18 Å². The summed E-state index contributed by atoms with van der Waals surface area (Å²) in [4.78, 5) is 15.0. The molecule has 0 bridgehead atoms. The van der Waals surface area contributed by atoms with E-state index in [4.69, 9.17) is 9.47 Å². The highest BCUT2D eigenvalue weighted by Crippen LogP contribution is 2.31. The predicted octanol–water partition coefficient (Wildman–Crippen LogP) is 3.58. The summed E-state index contributed by atoms with van der Waals surface area (Å²) < 4.78 is 50.9. The molecule has 176 valence electrons. The van der Waals surface area contributed by atoms with Gasteiger partial charge in [0.25, 0.3) is 5.91 Å². The molecule has 1 saturated carbocycles. The Labute approximate surface area is 184 Å². The third-order valence-electron chi connectivity index (χ3n) is 5.69. The Bertz CT molecular complexity index is 921. The van der Waals surface area contributed by atoms with Crippen LogP contribution in [0.15, 0.2) is 18.3 Å². The minimum absolute atomic E-state index is 0.0569. The molecule has 2 aliphatic rings. The molecule has 1 N–H and O–H groups in total. The predicted molar refractivity (Wildman–Crippen MR) is 113 cm³/mol. The van der Waals surface area contributed by atoms with E-state index in [0.29, 0.717) is 36.7 Å². The van der Waals surface area contributed by atoms with Crippen LogP contribution in [0.3, 0.4) is 0 Å². The van der Waals surface area contributed by atoms with Crippen LogP contribution >= 0.6 is 0 Å². The van der Waals surface area contributed by atoms with Crippen molar-refractivity contribution >= 4 is 16.8 Å². The van der Waals surface area contributed by atoms with Crippen LogP contribution in [0.25, 0.3) is 10.9 Å². The van der Waals surface area contributed by atoms with Crippen LogP contribution in [0.1, 0.15) is 42.5 Å². The van der Waals surface area contributed by atoms with Crippen molar-refractivity contribution in [2.75, 3.05) is 39.5 Å². The Morgan fingerprint density at radius 2 is 1.97 bits per heavy atom. The van der Waals surface area contributed by atoms with Crippen LogP contribution < -0.4 is 10.1 Å². The standard InChI is InChI=1S/C22H29F3N4O3/c23-22(24,25)14-32-20-17(21(30)26-8-11-31-13-16-4-5-16)6-7-19-18(20)12-29(27-19)15-28-9-2-1-3-10-28/h6-7,12,16H,1-5,8-11,13-15H2,(H,26,30). The van der Waals surface area contributed by atoms with Crippen molar-refractivity contribution in [3.8, 4) is 5.75 Å². The van der Waals surface area contributed by atoms with Crippen LogP contribution in [0, 0.1) is 5.92 Å². The number of rotatable bonds is 10. The van der Waals surface area contributed by atoms with E-state index in [2.05, 4.69) is 15.3 Å². The first-order valence-electron chi connectivity index (χ1n) is 11.2. The molecule has 1 amide bonds. The molecule has 10 heteroatoms. The maximum absolute atomic E-state index is 12.9. The van der Waals surface area contributed by atoms with E-state index in [0.717, 1.165) is 25.9 Å². The molecular weight excluding hydrogens is 425 g/mol. The molecule has 2 fully saturated rings. The van der Waals surface area contributed by atoms with Gasteiger partial charge in [0.05, 0.1) is 29.7 Å². The smallest absolute Gasteiger partial charge is 0.422 e. The van der Waals surface area contributed by atoms with Crippen molar-refractivity contribution in [2.45, 2.75) is 44.9 Å². The lowest BCUT2D eigenvalue weighted by atomic mass is 10.1. The Kier molecular flexibility index (Phi) is 7.20. The van der Waals surface area contributed by atoms with Crippen LogP contribution in [0.5, 0.6) is 5.75 Å². The maximum Gasteiger partial charge on any atom is 0.422 e. The lowest BCUT2D eigenvalue weighted by Gasteiger charge is -2.25. The van der Waals surface area contributed by atoms with Gasteiger partial charge in [0.15, 0.2) is 6.61 Å². The highest BCUT2D eigenvalue weighted by Gasteiger charge is 2.30.